The number of nitrogens with one attached hydrogen (secondary N) is 1. The number of carbonyl (C=O) groups is 1. The van der Waals surface area contributed by atoms with Gasteiger partial charge in [-0.05, 0) is 28.4 Å². The molecule has 1 aromatic rings. The van der Waals surface area contributed by atoms with Gasteiger partial charge in [0.15, 0.2) is 0 Å². The van der Waals surface area contributed by atoms with Crippen molar-refractivity contribution in [3.05, 3.63) is 20.8 Å². The predicted molar refractivity (Wildman–Crippen MR) is 53.3 cm³/mol. The Morgan fingerprint density at radius 2 is 2.50 bits per heavy atom. The fourth-order valence-corrected chi connectivity index (χ4v) is 2.25. The maximum absolute atomic E-state index is 10.3. The summed E-state index contributed by atoms with van der Waals surface area (Å²) in [6.07, 6.45) is 0.833. The second kappa shape index (κ2) is 4.47. The molecule has 0 unspecified atom stereocenters. The van der Waals surface area contributed by atoms with E-state index in [0.29, 0.717) is 6.54 Å². The minimum atomic E-state index is -0.467. The van der Waals surface area contributed by atoms with Gasteiger partial charge >= 0.3 is 6.03 Å². The van der Waals surface area contributed by atoms with Gasteiger partial charge in [-0.1, -0.05) is 0 Å². The molecule has 66 valence electrons. The molecule has 0 bridgehead atoms. The van der Waals surface area contributed by atoms with Gasteiger partial charge in [0.1, 0.15) is 0 Å². The summed E-state index contributed by atoms with van der Waals surface area (Å²) in [5, 5.41) is 4.55. The van der Waals surface area contributed by atoms with Crippen molar-refractivity contribution in [1.82, 2.24) is 5.32 Å². The Morgan fingerprint density at radius 3 is 3.00 bits per heavy atom. The van der Waals surface area contributed by atoms with Crippen LogP contribution >= 0.6 is 27.3 Å². The van der Waals surface area contributed by atoms with E-state index >= 15 is 0 Å². The van der Waals surface area contributed by atoms with Crippen LogP contribution in [-0.2, 0) is 6.42 Å². The lowest BCUT2D eigenvalue weighted by Gasteiger charge is -1.97. The van der Waals surface area contributed by atoms with Crippen molar-refractivity contribution in [3.63, 3.8) is 0 Å². The highest BCUT2D eigenvalue weighted by Gasteiger charge is 1.97. The van der Waals surface area contributed by atoms with E-state index in [-0.39, 0.29) is 0 Å². The van der Waals surface area contributed by atoms with Crippen molar-refractivity contribution in [2.45, 2.75) is 6.42 Å². The molecule has 0 aliphatic carbocycles. The van der Waals surface area contributed by atoms with E-state index in [0.717, 1.165) is 10.9 Å². The van der Waals surface area contributed by atoms with E-state index in [1.54, 1.807) is 11.3 Å². The van der Waals surface area contributed by atoms with Gasteiger partial charge in [0, 0.05) is 21.3 Å². The summed E-state index contributed by atoms with van der Waals surface area (Å²) in [6.45, 7) is 0.599. The quantitative estimate of drug-likeness (QED) is 0.841. The van der Waals surface area contributed by atoms with Gasteiger partial charge in [-0.3, -0.25) is 0 Å². The van der Waals surface area contributed by atoms with E-state index in [9.17, 15) is 4.79 Å². The van der Waals surface area contributed by atoms with Gasteiger partial charge in [0.05, 0.1) is 0 Å². The summed E-state index contributed by atoms with van der Waals surface area (Å²) in [7, 11) is 0. The minimum absolute atomic E-state index is 0.467. The molecular formula is C7H9BrN2OS. The summed E-state index contributed by atoms with van der Waals surface area (Å²) in [4.78, 5) is 11.5. The highest BCUT2D eigenvalue weighted by atomic mass is 79.9. The van der Waals surface area contributed by atoms with Crippen molar-refractivity contribution in [2.24, 2.45) is 5.73 Å². The van der Waals surface area contributed by atoms with Crippen molar-refractivity contribution in [3.8, 4) is 0 Å². The van der Waals surface area contributed by atoms with Crippen LogP contribution in [0, 0.1) is 0 Å². The molecule has 2 amide bonds. The van der Waals surface area contributed by atoms with Gasteiger partial charge in [-0.15, -0.1) is 11.3 Å². The first-order valence-electron chi connectivity index (χ1n) is 3.44. The van der Waals surface area contributed by atoms with Crippen LogP contribution in [0.25, 0.3) is 0 Å². The minimum Gasteiger partial charge on any atom is -0.352 e. The average Bonchev–Trinajstić information content (AvgIpc) is 2.35. The Balaban J connectivity index is 2.29. The van der Waals surface area contributed by atoms with Crippen LogP contribution in [0.1, 0.15) is 4.88 Å². The number of urea groups is 1. The summed E-state index contributed by atoms with van der Waals surface area (Å²) in [6, 6.07) is 1.57. The van der Waals surface area contributed by atoms with Gasteiger partial charge in [-0.2, -0.15) is 0 Å². The summed E-state index contributed by atoms with van der Waals surface area (Å²) < 4.78 is 1.08. The standard InChI is InChI=1S/C7H9BrN2OS/c8-5-3-6(12-4-5)1-2-10-7(9)11/h3-4H,1-2H2,(H3,9,10,11). The fraction of sp³-hybridized carbons (Fsp3) is 0.286. The van der Waals surface area contributed by atoms with Gasteiger partial charge < -0.3 is 11.1 Å². The molecule has 12 heavy (non-hydrogen) atoms. The fourth-order valence-electron chi connectivity index (χ4n) is 0.794. The predicted octanol–water partition coefficient (Wildman–Crippen LogP) is 1.72. The number of hydrogen-bond acceptors (Lipinski definition) is 2. The van der Waals surface area contributed by atoms with Crippen LogP contribution in [0.5, 0.6) is 0 Å². The van der Waals surface area contributed by atoms with Crippen LogP contribution in [0.15, 0.2) is 15.9 Å². The number of carbonyl (C=O) groups excluding carboxylic acids is 1. The van der Waals surface area contributed by atoms with Crippen molar-refractivity contribution in [2.75, 3.05) is 6.54 Å². The number of thiophene rings is 1. The van der Waals surface area contributed by atoms with E-state index < -0.39 is 6.03 Å². The lowest BCUT2D eigenvalue weighted by molar-refractivity contribution is 0.249. The molecule has 0 fully saturated rings. The number of halogens is 1. The Hall–Kier alpha value is -0.550. The van der Waals surface area contributed by atoms with E-state index in [1.165, 1.54) is 4.88 Å². The highest BCUT2D eigenvalue weighted by Crippen LogP contribution is 2.19. The summed E-state index contributed by atoms with van der Waals surface area (Å²) in [5.74, 6) is 0. The normalized spacial score (nSPS) is 9.75. The third-order valence-corrected chi connectivity index (χ3v) is 3.05. The molecule has 0 spiro atoms. The maximum Gasteiger partial charge on any atom is 0.312 e. The van der Waals surface area contributed by atoms with E-state index in [4.69, 9.17) is 5.73 Å². The first-order valence-corrected chi connectivity index (χ1v) is 5.12. The smallest absolute Gasteiger partial charge is 0.312 e. The Kier molecular flexibility index (Phi) is 3.55. The lowest BCUT2D eigenvalue weighted by Crippen LogP contribution is -2.30. The number of amides is 2. The van der Waals surface area contributed by atoms with Crippen LogP contribution in [0.4, 0.5) is 4.79 Å². The van der Waals surface area contributed by atoms with Crippen LogP contribution < -0.4 is 11.1 Å². The first kappa shape index (κ1) is 9.54. The molecule has 0 atom stereocenters. The molecule has 0 saturated heterocycles. The molecule has 1 aromatic heterocycles. The summed E-state index contributed by atoms with van der Waals surface area (Å²) >= 11 is 5.01. The molecule has 0 aromatic carbocycles. The number of primary amides is 1. The third kappa shape index (κ3) is 3.23. The largest absolute Gasteiger partial charge is 0.352 e. The zero-order valence-corrected chi connectivity index (χ0v) is 8.74. The number of rotatable bonds is 3. The molecule has 0 aliphatic heterocycles. The van der Waals surface area contributed by atoms with Gasteiger partial charge in [-0.25, -0.2) is 4.79 Å². The third-order valence-electron chi connectivity index (χ3n) is 1.29. The second-order valence-electron chi connectivity index (χ2n) is 2.27. The Morgan fingerprint density at radius 1 is 1.75 bits per heavy atom. The molecular weight excluding hydrogens is 240 g/mol. The SMILES string of the molecule is NC(=O)NCCc1cc(Br)cs1. The van der Waals surface area contributed by atoms with Crippen LogP contribution in [0.3, 0.4) is 0 Å². The molecule has 5 heteroatoms. The Labute approximate surface area is 83.1 Å². The maximum atomic E-state index is 10.3. The van der Waals surface area contributed by atoms with E-state index in [2.05, 4.69) is 21.2 Å². The average molecular weight is 249 g/mol. The molecule has 1 heterocycles. The zero-order chi connectivity index (χ0) is 8.97. The monoisotopic (exact) mass is 248 g/mol. The Bertz CT molecular complexity index is 274. The van der Waals surface area contributed by atoms with E-state index in [1.807, 2.05) is 11.4 Å². The topological polar surface area (TPSA) is 55.1 Å². The number of nitrogens with two attached hydrogens (primary N) is 1. The molecule has 0 radical (unpaired) electrons. The van der Waals surface area contributed by atoms with Gasteiger partial charge in [0.25, 0.3) is 0 Å². The van der Waals surface area contributed by atoms with Crippen molar-refractivity contribution in [1.29, 1.82) is 0 Å². The lowest BCUT2D eigenvalue weighted by atomic mass is 10.3. The van der Waals surface area contributed by atoms with Crippen LogP contribution in [-0.4, -0.2) is 12.6 Å². The number of hydrogen-bond donors (Lipinski definition) is 2. The second-order valence-corrected chi connectivity index (χ2v) is 4.18. The highest BCUT2D eigenvalue weighted by molar-refractivity contribution is 9.10. The van der Waals surface area contributed by atoms with Gasteiger partial charge in [0.2, 0.25) is 0 Å². The van der Waals surface area contributed by atoms with Crippen molar-refractivity contribution >= 4 is 33.3 Å². The zero-order valence-electron chi connectivity index (χ0n) is 6.34. The van der Waals surface area contributed by atoms with Crippen molar-refractivity contribution < 1.29 is 4.79 Å². The first-order chi connectivity index (χ1) is 5.68. The molecule has 3 nitrogen and oxygen atoms in total. The van der Waals surface area contributed by atoms with Crippen LogP contribution in [0.2, 0.25) is 0 Å². The molecule has 3 N–H and O–H groups in total. The molecule has 0 aliphatic rings. The summed E-state index contributed by atoms with van der Waals surface area (Å²) in [5.41, 5.74) is 4.91. The molecule has 1 rings (SSSR count). The molecule has 0 saturated carbocycles.